The van der Waals surface area contributed by atoms with Crippen LogP contribution in [-0.4, -0.2) is 42.6 Å². The second kappa shape index (κ2) is 4.27. The Labute approximate surface area is 109 Å². The maximum atomic E-state index is 4.31. The lowest BCUT2D eigenvalue weighted by molar-refractivity contribution is 0.523. The molecule has 1 unspecified atom stereocenters. The van der Waals surface area contributed by atoms with Crippen molar-refractivity contribution in [2.75, 3.05) is 13.1 Å². The zero-order valence-corrected chi connectivity index (χ0v) is 10.5. The highest BCUT2D eigenvalue weighted by Crippen LogP contribution is 2.17. The molecular weight excluding hydrogens is 242 g/mol. The molecule has 0 saturated carbocycles. The van der Waals surface area contributed by atoms with Gasteiger partial charge in [0.05, 0.1) is 6.33 Å². The molecule has 7 heteroatoms. The van der Waals surface area contributed by atoms with Crippen LogP contribution in [0, 0.1) is 5.92 Å². The van der Waals surface area contributed by atoms with Crippen LogP contribution in [0.25, 0.3) is 16.8 Å². The molecule has 0 aromatic carbocycles. The number of aromatic amines is 1. The number of nitrogens with zero attached hydrogens (tertiary/aromatic N) is 5. The van der Waals surface area contributed by atoms with Crippen LogP contribution in [0.3, 0.4) is 0 Å². The Hall–Kier alpha value is -2.02. The Balaban J connectivity index is 1.66. The summed E-state index contributed by atoms with van der Waals surface area (Å²) < 4.78 is 1.96. The van der Waals surface area contributed by atoms with E-state index >= 15 is 0 Å². The molecule has 0 radical (unpaired) electrons. The lowest BCUT2D eigenvalue weighted by atomic mass is 10.0. The Bertz CT molecular complexity index is 707. The summed E-state index contributed by atoms with van der Waals surface area (Å²) >= 11 is 0. The minimum absolute atomic E-state index is 0.687. The number of aryl methyl sites for hydroxylation is 1. The molecule has 0 aliphatic carbocycles. The van der Waals surface area contributed by atoms with Crippen LogP contribution in [0.2, 0.25) is 0 Å². The molecular formula is C12H15N7. The molecule has 1 aliphatic rings. The van der Waals surface area contributed by atoms with Crippen LogP contribution in [0.1, 0.15) is 18.7 Å². The van der Waals surface area contributed by atoms with Gasteiger partial charge in [-0.05, 0) is 31.8 Å². The van der Waals surface area contributed by atoms with Gasteiger partial charge in [-0.15, -0.1) is 10.2 Å². The van der Waals surface area contributed by atoms with Crippen molar-refractivity contribution >= 4 is 16.8 Å². The third kappa shape index (κ3) is 1.77. The van der Waals surface area contributed by atoms with Gasteiger partial charge >= 0.3 is 0 Å². The second-order valence-electron chi connectivity index (χ2n) is 5.05. The smallest absolute Gasteiger partial charge is 0.189 e. The Morgan fingerprint density at radius 1 is 1.32 bits per heavy atom. The fraction of sp³-hybridized carbons (Fsp3) is 0.500. The summed E-state index contributed by atoms with van der Waals surface area (Å²) in [7, 11) is 0. The summed E-state index contributed by atoms with van der Waals surface area (Å²) in [4.78, 5) is 11.5. The predicted octanol–water partition coefficient (Wildman–Crippen LogP) is 0.543. The van der Waals surface area contributed by atoms with Gasteiger partial charge in [0, 0.05) is 6.42 Å². The highest BCUT2D eigenvalue weighted by Gasteiger charge is 2.16. The zero-order valence-electron chi connectivity index (χ0n) is 10.5. The van der Waals surface area contributed by atoms with Crippen LogP contribution in [0.5, 0.6) is 0 Å². The number of rotatable bonds is 3. The third-order valence-corrected chi connectivity index (χ3v) is 3.84. The number of fused-ring (bicyclic) bond motifs is 3. The van der Waals surface area contributed by atoms with Crippen LogP contribution in [-0.2, 0) is 6.42 Å². The molecule has 2 N–H and O–H groups in total. The highest BCUT2D eigenvalue weighted by molar-refractivity contribution is 5.84. The van der Waals surface area contributed by atoms with Gasteiger partial charge in [-0.3, -0.25) is 4.40 Å². The van der Waals surface area contributed by atoms with Crippen molar-refractivity contribution in [3.8, 4) is 0 Å². The fourth-order valence-electron chi connectivity index (χ4n) is 2.74. The first-order valence-electron chi connectivity index (χ1n) is 6.64. The van der Waals surface area contributed by atoms with E-state index in [1.54, 1.807) is 12.7 Å². The van der Waals surface area contributed by atoms with Crippen LogP contribution in [0.4, 0.5) is 0 Å². The summed E-state index contributed by atoms with van der Waals surface area (Å²) in [5.41, 5.74) is 2.34. The SMILES string of the molecule is c1nc2ncn3c(CCC4CCNC4)nnc3c2[nH]1. The average molecular weight is 257 g/mol. The van der Waals surface area contributed by atoms with Gasteiger partial charge in [-0.2, -0.15) is 0 Å². The number of imidazole rings is 1. The lowest BCUT2D eigenvalue weighted by Gasteiger charge is -2.06. The maximum Gasteiger partial charge on any atom is 0.189 e. The Kier molecular flexibility index (Phi) is 2.44. The van der Waals surface area contributed by atoms with Gasteiger partial charge in [0.25, 0.3) is 0 Å². The molecule has 19 heavy (non-hydrogen) atoms. The van der Waals surface area contributed by atoms with E-state index in [9.17, 15) is 0 Å². The zero-order chi connectivity index (χ0) is 12.7. The molecule has 0 bridgehead atoms. The number of aromatic nitrogens is 6. The molecule has 7 nitrogen and oxygen atoms in total. The number of H-pyrrole nitrogens is 1. The molecule has 0 spiro atoms. The average Bonchev–Trinajstić information content (AvgIpc) is 3.16. The molecule has 1 atom stereocenters. The standard InChI is InChI=1S/C12H15N7/c1(8-3-4-13-5-8)2-9-17-18-12-10-11(15-6-14-10)16-7-19(9)12/h6-8,13H,1-5H2,(H,14,15). The van der Waals surface area contributed by atoms with Crippen molar-refractivity contribution in [3.63, 3.8) is 0 Å². The van der Waals surface area contributed by atoms with Gasteiger partial charge in [-0.25, -0.2) is 9.97 Å². The van der Waals surface area contributed by atoms with Gasteiger partial charge < -0.3 is 10.3 Å². The minimum Gasteiger partial charge on any atom is -0.340 e. The normalized spacial score (nSPS) is 19.7. The summed E-state index contributed by atoms with van der Waals surface area (Å²) in [5, 5.41) is 11.9. The maximum absolute atomic E-state index is 4.31. The molecule has 4 heterocycles. The monoisotopic (exact) mass is 257 g/mol. The molecule has 1 aliphatic heterocycles. The van der Waals surface area contributed by atoms with Gasteiger partial charge in [0.1, 0.15) is 17.7 Å². The summed E-state index contributed by atoms with van der Waals surface area (Å²) in [6, 6.07) is 0. The summed E-state index contributed by atoms with van der Waals surface area (Å²) in [5.74, 6) is 1.74. The first kappa shape index (κ1) is 10.9. The molecule has 4 rings (SSSR count). The van der Waals surface area contributed by atoms with Crippen molar-refractivity contribution in [1.82, 2.24) is 34.9 Å². The fourth-order valence-corrected chi connectivity index (χ4v) is 2.74. The number of nitrogens with one attached hydrogen (secondary N) is 2. The van der Waals surface area contributed by atoms with Gasteiger partial charge in [-0.1, -0.05) is 0 Å². The molecule has 1 fully saturated rings. The van der Waals surface area contributed by atoms with E-state index in [0.29, 0.717) is 5.65 Å². The van der Waals surface area contributed by atoms with Crippen LogP contribution < -0.4 is 5.32 Å². The Morgan fingerprint density at radius 3 is 3.21 bits per heavy atom. The molecule has 0 amide bonds. The van der Waals surface area contributed by atoms with E-state index in [1.165, 1.54) is 6.42 Å². The minimum atomic E-state index is 0.687. The molecule has 3 aromatic rings. The van der Waals surface area contributed by atoms with Crippen LogP contribution >= 0.6 is 0 Å². The van der Waals surface area contributed by atoms with Crippen molar-refractivity contribution in [1.29, 1.82) is 0 Å². The number of hydrogen-bond donors (Lipinski definition) is 2. The Morgan fingerprint density at radius 2 is 2.32 bits per heavy atom. The van der Waals surface area contributed by atoms with Gasteiger partial charge in [0.2, 0.25) is 0 Å². The summed E-state index contributed by atoms with van der Waals surface area (Å²) in [6.07, 6.45) is 6.75. The first-order chi connectivity index (χ1) is 9.42. The van der Waals surface area contributed by atoms with E-state index in [0.717, 1.165) is 48.8 Å². The summed E-state index contributed by atoms with van der Waals surface area (Å²) in [6.45, 7) is 2.27. The highest BCUT2D eigenvalue weighted by atomic mass is 15.3. The largest absolute Gasteiger partial charge is 0.340 e. The van der Waals surface area contributed by atoms with Crippen LogP contribution in [0.15, 0.2) is 12.7 Å². The topological polar surface area (TPSA) is 83.8 Å². The van der Waals surface area contributed by atoms with Gasteiger partial charge in [0.15, 0.2) is 11.3 Å². The quantitative estimate of drug-likeness (QED) is 0.715. The molecule has 98 valence electrons. The van der Waals surface area contributed by atoms with Crippen molar-refractivity contribution in [2.45, 2.75) is 19.3 Å². The second-order valence-corrected chi connectivity index (χ2v) is 5.05. The molecule has 3 aromatic heterocycles. The van der Waals surface area contributed by atoms with E-state index in [2.05, 4.69) is 30.5 Å². The lowest BCUT2D eigenvalue weighted by Crippen LogP contribution is -2.10. The van der Waals surface area contributed by atoms with Crippen molar-refractivity contribution < 1.29 is 0 Å². The van der Waals surface area contributed by atoms with E-state index < -0.39 is 0 Å². The van der Waals surface area contributed by atoms with Crippen molar-refractivity contribution in [2.24, 2.45) is 5.92 Å². The van der Waals surface area contributed by atoms with E-state index in [-0.39, 0.29) is 0 Å². The molecule has 1 saturated heterocycles. The predicted molar refractivity (Wildman–Crippen MR) is 69.7 cm³/mol. The van der Waals surface area contributed by atoms with E-state index in [1.807, 2.05) is 4.40 Å². The first-order valence-corrected chi connectivity index (χ1v) is 6.64. The van der Waals surface area contributed by atoms with Crippen molar-refractivity contribution in [3.05, 3.63) is 18.5 Å². The third-order valence-electron chi connectivity index (χ3n) is 3.84. The number of hydrogen-bond acceptors (Lipinski definition) is 5. The van der Waals surface area contributed by atoms with E-state index in [4.69, 9.17) is 0 Å².